The zero-order valence-electron chi connectivity index (χ0n) is 10.3. The van der Waals surface area contributed by atoms with Crippen molar-refractivity contribution in [3.8, 4) is 5.75 Å². The zero-order chi connectivity index (χ0) is 14.7. The van der Waals surface area contributed by atoms with E-state index >= 15 is 0 Å². The Hall–Kier alpha value is -1.73. The Morgan fingerprint density at radius 2 is 2.20 bits per heavy atom. The molecule has 9 heteroatoms. The number of anilines is 1. The molecule has 1 aromatic rings. The van der Waals surface area contributed by atoms with E-state index in [1.165, 1.54) is 0 Å². The van der Waals surface area contributed by atoms with Crippen LogP contribution in [0, 0.1) is 10.1 Å². The van der Waals surface area contributed by atoms with Gasteiger partial charge in [-0.15, -0.1) is 0 Å². The average molecular weight is 319 g/mol. The molecule has 0 saturated carbocycles. The fourth-order valence-electron chi connectivity index (χ4n) is 1.74. The first-order valence-corrected chi connectivity index (χ1v) is 6.67. The molecule has 0 bridgehead atoms. The Bertz CT molecular complexity index is 577. The predicted molar refractivity (Wildman–Crippen MR) is 77.9 cm³/mol. The number of nitrogens with zero attached hydrogens (tertiary/aromatic N) is 2. The van der Waals surface area contributed by atoms with E-state index in [0.29, 0.717) is 12.5 Å². The minimum Gasteiger partial charge on any atom is -0.501 e. The lowest BCUT2D eigenvalue weighted by Crippen LogP contribution is -2.30. The summed E-state index contributed by atoms with van der Waals surface area (Å²) in [5.41, 5.74) is -0.356. The monoisotopic (exact) mass is 318 g/mol. The molecular formula is C11H12Cl2N4O3. The van der Waals surface area contributed by atoms with Crippen LogP contribution in [0.2, 0.25) is 10.0 Å². The van der Waals surface area contributed by atoms with E-state index in [0.717, 1.165) is 25.5 Å². The molecule has 1 aliphatic rings. The van der Waals surface area contributed by atoms with Gasteiger partial charge in [-0.2, -0.15) is 0 Å². The first-order chi connectivity index (χ1) is 9.50. The molecule has 0 atom stereocenters. The van der Waals surface area contributed by atoms with Gasteiger partial charge in [0.25, 0.3) is 0 Å². The van der Waals surface area contributed by atoms with Crippen molar-refractivity contribution in [2.75, 3.05) is 18.4 Å². The molecule has 3 N–H and O–H groups in total. The number of hydrogen-bond acceptors (Lipinski definition) is 6. The van der Waals surface area contributed by atoms with Crippen molar-refractivity contribution in [3.05, 3.63) is 26.2 Å². The van der Waals surface area contributed by atoms with Gasteiger partial charge in [0.1, 0.15) is 5.02 Å². The van der Waals surface area contributed by atoms with Crippen molar-refractivity contribution in [1.82, 2.24) is 5.32 Å². The van der Waals surface area contributed by atoms with Crippen LogP contribution < -0.4 is 10.6 Å². The number of hydrogen-bond donors (Lipinski definition) is 3. The number of phenolic OH excluding ortho intramolecular Hbond substituents is 1. The van der Waals surface area contributed by atoms with Crippen LogP contribution in [0.4, 0.5) is 11.4 Å². The maximum Gasteiger partial charge on any atom is 0.313 e. The highest BCUT2D eigenvalue weighted by Crippen LogP contribution is 2.43. The van der Waals surface area contributed by atoms with Crippen LogP contribution in [0.1, 0.15) is 12.8 Å². The van der Waals surface area contributed by atoms with Gasteiger partial charge >= 0.3 is 5.69 Å². The van der Waals surface area contributed by atoms with Crippen LogP contribution in [0.15, 0.2) is 11.1 Å². The molecule has 0 amide bonds. The number of nitrogens with one attached hydrogen (secondary N) is 2. The quantitative estimate of drug-likeness (QED) is 0.575. The van der Waals surface area contributed by atoms with Crippen LogP contribution in [0.3, 0.4) is 0 Å². The average Bonchev–Trinajstić information content (AvgIpc) is 2.67. The Morgan fingerprint density at radius 3 is 2.90 bits per heavy atom. The smallest absolute Gasteiger partial charge is 0.313 e. The van der Waals surface area contributed by atoms with Crippen LogP contribution in [0.25, 0.3) is 0 Å². The van der Waals surface area contributed by atoms with Gasteiger partial charge in [0.05, 0.1) is 15.6 Å². The van der Waals surface area contributed by atoms with Crippen molar-refractivity contribution >= 4 is 40.5 Å². The molecule has 0 radical (unpaired) electrons. The minimum atomic E-state index is -0.752. The maximum atomic E-state index is 10.7. The van der Waals surface area contributed by atoms with Crippen LogP contribution in [-0.2, 0) is 0 Å². The highest BCUT2D eigenvalue weighted by Gasteiger charge is 2.23. The SMILES string of the molecule is O=[N+]([O-])c1cc(Cl)c(NC2=NCCCCN2)c(Cl)c1O. The summed E-state index contributed by atoms with van der Waals surface area (Å²) in [7, 11) is 0. The third-order valence-corrected chi connectivity index (χ3v) is 3.43. The summed E-state index contributed by atoms with van der Waals surface area (Å²) < 4.78 is 0. The second-order valence-corrected chi connectivity index (χ2v) is 4.95. The summed E-state index contributed by atoms with van der Waals surface area (Å²) in [6.45, 7) is 1.41. The van der Waals surface area contributed by atoms with Gasteiger partial charge in [-0.05, 0) is 12.8 Å². The number of guanidine groups is 1. The summed E-state index contributed by atoms with van der Waals surface area (Å²) >= 11 is 11.9. The summed E-state index contributed by atoms with van der Waals surface area (Å²) in [5.74, 6) is -0.155. The van der Waals surface area contributed by atoms with E-state index in [9.17, 15) is 15.2 Å². The van der Waals surface area contributed by atoms with Crippen molar-refractivity contribution in [3.63, 3.8) is 0 Å². The number of nitro benzene ring substituents is 1. The Morgan fingerprint density at radius 1 is 1.45 bits per heavy atom. The van der Waals surface area contributed by atoms with Crippen molar-refractivity contribution in [1.29, 1.82) is 0 Å². The van der Waals surface area contributed by atoms with Gasteiger partial charge in [0, 0.05) is 19.2 Å². The van der Waals surface area contributed by atoms with Crippen LogP contribution in [-0.4, -0.2) is 29.1 Å². The number of rotatable bonds is 2. The summed E-state index contributed by atoms with van der Waals surface area (Å²) in [6.07, 6.45) is 1.95. The van der Waals surface area contributed by atoms with Crippen molar-refractivity contribution in [2.24, 2.45) is 4.99 Å². The third-order valence-electron chi connectivity index (χ3n) is 2.76. The predicted octanol–water partition coefficient (Wildman–Crippen LogP) is 2.76. The van der Waals surface area contributed by atoms with Gasteiger partial charge in [0.15, 0.2) is 5.96 Å². The number of benzene rings is 1. The number of aromatic hydroxyl groups is 1. The molecule has 0 saturated heterocycles. The fraction of sp³-hybridized carbons (Fsp3) is 0.364. The Kier molecular flexibility index (Phi) is 4.51. The maximum absolute atomic E-state index is 10.7. The first kappa shape index (κ1) is 14.7. The molecule has 1 heterocycles. The van der Waals surface area contributed by atoms with E-state index in [4.69, 9.17) is 23.2 Å². The largest absolute Gasteiger partial charge is 0.501 e. The fourth-order valence-corrected chi connectivity index (χ4v) is 2.28. The standard InChI is InChI=1S/C11H12Cl2N4O3/c12-6-5-7(17(19)20)10(18)8(13)9(6)16-11-14-3-1-2-4-15-11/h5,18H,1-4H2,(H2,14,15,16). The molecule has 0 aromatic heterocycles. The first-order valence-electron chi connectivity index (χ1n) is 5.91. The van der Waals surface area contributed by atoms with Crippen LogP contribution in [0.5, 0.6) is 5.75 Å². The third kappa shape index (κ3) is 3.05. The van der Waals surface area contributed by atoms with E-state index in [1.807, 2.05) is 0 Å². The molecule has 0 unspecified atom stereocenters. The van der Waals surface area contributed by atoms with Crippen molar-refractivity contribution < 1.29 is 10.0 Å². The molecular weight excluding hydrogens is 307 g/mol. The molecule has 0 aliphatic carbocycles. The number of phenols is 1. The minimum absolute atomic E-state index is 0.0354. The van der Waals surface area contributed by atoms with E-state index in [1.54, 1.807) is 0 Å². The number of halogens is 2. The Balaban J connectivity index is 2.35. The van der Waals surface area contributed by atoms with E-state index in [-0.39, 0.29) is 15.7 Å². The molecule has 1 aliphatic heterocycles. The van der Waals surface area contributed by atoms with Crippen molar-refractivity contribution in [2.45, 2.75) is 12.8 Å². The lowest BCUT2D eigenvalue weighted by Gasteiger charge is -2.13. The summed E-state index contributed by atoms with van der Waals surface area (Å²) in [6, 6.07) is 1.04. The zero-order valence-corrected chi connectivity index (χ0v) is 11.8. The van der Waals surface area contributed by atoms with Gasteiger partial charge in [-0.25, -0.2) is 0 Å². The summed E-state index contributed by atoms with van der Waals surface area (Å²) in [5, 5.41) is 26.2. The molecule has 1 aromatic carbocycles. The molecule has 20 heavy (non-hydrogen) atoms. The topological polar surface area (TPSA) is 99.8 Å². The molecule has 108 valence electrons. The lowest BCUT2D eigenvalue weighted by atomic mass is 10.2. The van der Waals surface area contributed by atoms with Gasteiger partial charge in [0.2, 0.25) is 5.75 Å². The molecule has 0 spiro atoms. The van der Waals surface area contributed by atoms with E-state index in [2.05, 4.69) is 15.6 Å². The number of nitro groups is 1. The normalized spacial score (nSPS) is 15.0. The highest BCUT2D eigenvalue weighted by atomic mass is 35.5. The molecule has 2 rings (SSSR count). The molecule has 0 fully saturated rings. The Labute approximate surface area is 124 Å². The highest BCUT2D eigenvalue weighted by molar-refractivity contribution is 6.41. The number of aliphatic imine (C=N–C) groups is 1. The second-order valence-electron chi connectivity index (χ2n) is 4.16. The van der Waals surface area contributed by atoms with E-state index < -0.39 is 16.4 Å². The van der Waals surface area contributed by atoms with Crippen LogP contribution >= 0.6 is 23.2 Å². The van der Waals surface area contributed by atoms with Gasteiger partial charge in [-0.1, -0.05) is 23.2 Å². The lowest BCUT2D eigenvalue weighted by molar-refractivity contribution is -0.385. The second kappa shape index (κ2) is 6.15. The molecule has 7 nitrogen and oxygen atoms in total. The van der Waals surface area contributed by atoms with Gasteiger partial charge in [-0.3, -0.25) is 15.1 Å². The van der Waals surface area contributed by atoms with Gasteiger partial charge < -0.3 is 15.7 Å². The summed E-state index contributed by atoms with van der Waals surface area (Å²) in [4.78, 5) is 14.2.